The van der Waals surface area contributed by atoms with Gasteiger partial charge in [0.1, 0.15) is 17.7 Å². The lowest BCUT2D eigenvalue weighted by molar-refractivity contribution is 0.0521. The number of nitrogens with one attached hydrogen (secondary N) is 2. The van der Waals surface area contributed by atoms with Crippen molar-refractivity contribution in [1.29, 1.82) is 0 Å². The molecular weight excluding hydrogens is 452 g/mol. The highest BCUT2D eigenvalue weighted by Gasteiger charge is 2.16. The van der Waals surface area contributed by atoms with E-state index < -0.39 is 17.7 Å². The SMILES string of the molecule is COC(=O)c1ccc(NC(=O)c2cccc(Oc3cc(CNC(=O)OC(C)(C)C)ncn3)c2)cc1. The van der Waals surface area contributed by atoms with Crippen molar-refractivity contribution in [3.8, 4) is 11.6 Å². The molecule has 2 amide bonds. The van der Waals surface area contributed by atoms with Gasteiger partial charge >= 0.3 is 12.1 Å². The standard InChI is InChI=1S/C25H26N4O6/c1-25(2,3)35-24(32)26-14-19-13-21(28-15-27-19)34-20-7-5-6-17(12-20)22(30)29-18-10-8-16(9-11-18)23(31)33-4/h5-13,15H,14H2,1-4H3,(H,26,32)(H,29,30). The summed E-state index contributed by atoms with van der Waals surface area (Å²) in [5, 5.41) is 5.38. The minimum atomic E-state index is -0.603. The highest BCUT2D eigenvalue weighted by atomic mass is 16.6. The topological polar surface area (TPSA) is 129 Å². The predicted octanol–water partition coefficient (Wildman–Crippen LogP) is 4.33. The summed E-state index contributed by atoms with van der Waals surface area (Å²) < 4.78 is 15.6. The summed E-state index contributed by atoms with van der Waals surface area (Å²) in [5.41, 5.74) is 1.18. The molecule has 0 saturated carbocycles. The minimum Gasteiger partial charge on any atom is -0.465 e. The van der Waals surface area contributed by atoms with Crippen LogP contribution in [0.2, 0.25) is 0 Å². The van der Waals surface area contributed by atoms with Crippen LogP contribution in [0.25, 0.3) is 0 Å². The molecule has 1 heterocycles. The Kier molecular flexibility index (Phi) is 7.98. The lowest BCUT2D eigenvalue weighted by atomic mass is 10.1. The molecular formula is C25H26N4O6. The number of aromatic nitrogens is 2. The zero-order chi connectivity index (χ0) is 25.4. The van der Waals surface area contributed by atoms with Crippen LogP contribution in [-0.4, -0.2) is 40.6 Å². The number of amides is 2. The summed E-state index contributed by atoms with van der Waals surface area (Å²) in [5.74, 6) is -0.173. The second-order valence-electron chi connectivity index (χ2n) is 8.36. The van der Waals surface area contributed by atoms with Crippen molar-refractivity contribution in [2.24, 2.45) is 0 Å². The number of anilines is 1. The largest absolute Gasteiger partial charge is 0.465 e. The summed E-state index contributed by atoms with van der Waals surface area (Å²) in [6.45, 7) is 5.46. The van der Waals surface area contributed by atoms with Gasteiger partial charge in [-0.15, -0.1) is 0 Å². The van der Waals surface area contributed by atoms with Crippen LogP contribution in [0.15, 0.2) is 60.9 Å². The van der Waals surface area contributed by atoms with E-state index in [4.69, 9.17) is 9.47 Å². The third-order valence-corrected chi connectivity index (χ3v) is 4.39. The summed E-state index contributed by atoms with van der Waals surface area (Å²) in [7, 11) is 1.30. The lowest BCUT2D eigenvalue weighted by Crippen LogP contribution is -2.32. The van der Waals surface area contributed by atoms with Gasteiger partial charge in [0.05, 0.1) is 24.9 Å². The van der Waals surface area contributed by atoms with E-state index in [2.05, 4.69) is 25.3 Å². The Morgan fingerprint density at radius 2 is 1.69 bits per heavy atom. The zero-order valence-corrected chi connectivity index (χ0v) is 19.8. The van der Waals surface area contributed by atoms with E-state index in [1.165, 1.54) is 13.4 Å². The average molecular weight is 479 g/mol. The average Bonchev–Trinajstić information content (AvgIpc) is 2.82. The third-order valence-electron chi connectivity index (χ3n) is 4.39. The molecule has 0 radical (unpaired) electrons. The number of hydrogen-bond donors (Lipinski definition) is 2. The van der Waals surface area contributed by atoms with Crippen molar-refractivity contribution in [2.75, 3.05) is 12.4 Å². The first-order chi connectivity index (χ1) is 16.6. The molecule has 0 saturated heterocycles. The normalized spacial score (nSPS) is 10.7. The summed E-state index contributed by atoms with van der Waals surface area (Å²) in [4.78, 5) is 44.2. The molecule has 35 heavy (non-hydrogen) atoms. The molecule has 1 aromatic heterocycles. The van der Waals surface area contributed by atoms with Gasteiger partial charge in [0.25, 0.3) is 5.91 Å². The first-order valence-electron chi connectivity index (χ1n) is 10.7. The molecule has 2 aromatic carbocycles. The second kappa shape index (κ2) is 11.1. The molecule has 3 rings (SSSR count). The van der Waals surface area contributed by atoms with Crippen LogP contribution in [0.3, 0.4) is 0 Å². The molecule has 10 heteroatoms. The van der Waals surface area contributed by atoms with E-state index in [9.17, 15) is 14.4 Å². The van der Waals surface area contributed by atoms with E-state index in [-0.39, 0.29) is 18.3 Å². The van der Waals surface area contributed by atoms with Gasteiger partial charge in [0, 0.05) is 17.3 Å². The van der Waals surface area contributed by atoms with Gasteiger partial charge in [-0.05, 0) is 63.2 Å². The van der Waals surface area contributed by atoms with Gasteiger partial charge in [-0.1, -0.05) is 6.07 Å². The van der Waals surface area contributed by atoms with Gasteiger partial charge in [-0.3, -0.25) is 4.79 Å². The molecule has 0 aliphatic rings. The Labute approximate surface area is 202 Å². The van der Waals surface area contributed by atoms with Crippen molar-refractivity contribution >= 4 is 23.7 Å². The smallest absolute Gasteiger partial charge is 0.407 e. The molecule has 0 bridgehead atoms. The number of nitrogens with zero attached hydrogens (tertiary/aromatic N) is 2. The Bertz CT molecular complexity index is 1210. The Morgan fingerprint density at radius 1 is 0.943 bits per heavy atom. The minimum absolute atomic E-state index is 0.130. The maximum Gasteiger partial charge on any atom is 0.407 e. The van der Waals surface area contributed by atoms with E-state index in [1.54, 1.807) is 75.4 Å². The van der Waals surface area contributed by atoms with Crippen molar-refractivity contribution in [3.05, 3.63) is 77.7 Å². The van der Waals surface area contributed by atoms with Crippen LogP contribution >= 0.6 is 0 Å². The number of methoxy groups -OCH3 is 1. The Hall–Kier alpha value is -4.47. The van der Waals surface area contributed by atoms with Gasteiger partial charge < -0.3 is 24.8 Å². The summed E-state index contributed by atoms with van der Waals surface area (Å²) >= 11 is 0. The third kappa shape index (κ3) is 7.81. The molecule has 0 unspecified atom stereocenters. The fourth-order valence-electron chi connectivity index (χ4n) is 2.84. The maximum absolute atomic E-state index is 12.7. The van der Waals surface area contributed by atoms with E-state index in [0.29, 0.717) is 28.3 Å². The lowest BCUT2D eigenvalue weighted by Gasteiger charge is -2.19. The highest BCUT2D eigenvalue weighted by Crippen LogP contribution is 2.21. The van der Waals surface area contributed by atoms with Crippen LogP contribution in [0.5, 0.6) is 11.6 Å². The number of esters is 1. The van der Waals surface area contributed by atoms with Crippen LogP contribution in [0.1, 0.15) is 47.2 Å². The molecule has 0 aliphatic heterocycles. The number of carbonyl (C=O) groups is 3. The van der Waals surface area contributed by atoms with Crippen LogP contribution in [0, 0.1) is 0 Å². The molecule has 0 atom stereocenters. The number of benzene rings is 2. The van der Waals surface area contributed by atoms with E-state index in [1.807, 2.05) is 0 Å². The first kappa shape index (κ1) is 25.2. The van der Waals surface area contributed by atoms with Crippen molar-refractivity contribution in [1.82, 2.24) is 15.3 Å². The highest BCUT2D eigenvalue weighted by molar-refractivity contribution is 6.04. The fourth-order valence-corrected chi connectivity index (χ4v) is 2.84. The number of alkyl carbamates (subject to hydrolysis) is 1. The monoisotopic (exact) mass is 478 g/mol. The van der Waals surface area contributed by atoms with Crippen molar-refractivity contribution < 1.29 is 28.6 Å². The molecule has 0 spiro atoms. The molecule has 10 nitrogen and oxygen atoms in total. The first-order valence-corrected chi connectivity index (χ1v) is 10.7. The van der Waals surface area contributed by atoms with Crippen molar-refractivity contribution in [3.63, 3.8) is 0 Å². The molecule has 0 fully saturated rings. The van der Waals surface area contributed by atoms with E-state index >= 15 is 0 Å². The van der Waals surface area contributed by atoms with Gasteiger partial charge in [-0.25, -0.2) is 19.6 Å². The predicted molar refractivity (Wildman–Crippen MR) is 127 cm³/mol. The molecule has 3 aromatic rings. The van der Waals surface area contributed by atoms with Crippen LogP contribution in [-0.2, 0) is 16.0 Å². The second-order valence-corrected chi connectivity index (χ2v) is 8.36. The molecule has 2 N–H and O–H groups in total. The zero-order valence-electron chi connectivity index (χ0n) is 19.8. The number of carbonyl (C=O) groups excluding carboxylic acids is 3. The van der Waals surface area contributed by atoms with Gasteiger partial charge in [0.15, 0.2) is 0 Å². The Balaban J connectivity index is 1.62. The number of rotatable bonds is 7. The van der Waals surface area contributed by atoms with Crippen LogP contribution < -0.4 is 15.4 Å². The van der Waals surface area contributed by atoms with E-state index in [0.717, 1.165) is 0 Å². The number of ether oxygens (including phenoxy) is 3. The number of hydrogen-bond acceptors (Lipinski definition) is 8. The summed E-state index contributed by atoms with van der Waals surface area (Å²) in [6, 6.07) is 14.5. The molecule has 182 valence electrons. The van der Waals surface area contributed by atoms with Crippen LogP contribution in [0.4, 0.5) is 10.5 Å². The van der Waals surface area contributed by atoms with Gasteiger partial charge in [0.2, 0.25) is 5.88 Å². The van der Waals surface area contributed by atoms with Crippen molar-refractivity contribution in [2.45, 2.75) is 32.9 Å². The summed E-state index contributed by atoms with van der Waals surface area (Å²) in [6.07, 6.45) is 0.757. The van der Waals surface area contributed by atoms with Gasteiger partial charge in [-0.2, -0.15) is 0 Å². The fraction of sp³-hybridized carbons (Fsp3) is 0.240. The quantitative estimate of drug-likeness (QED) is 0.480. The molecule has 0 aliphatic carbocycles. The maximum atomic E-state index is 12.7. The Morgan fingerprint density at radius 3 is 2.37 bits per heavy atom.